The summed E-state index contributed by atoms with van der Waals surface area (Å²) in [6, 6.07) is 0. The standard InChI is InChI=1S/C29H46O5S/c1-7-35-27(32)14-17(2)23-10-11-24-22-9-8-20-15-21(33-18(3)30)12-13-28(20,5)25(22)16-26(29(23,24)6)34-19(4)31/h17,20-26H,7-16H2,1-6H3/t17-,20-,21-,22+,23-,24+,25+,26+,28+,29-/m1/s1. The van der Waals surface area contributed by atoms with E-state index >= 15 is 0 Å². The van der Waals surface area contributed by atoms with Gasteiger partial charge in [-0.1, -0.05) is 39.5 Å². The van der Waals surface area contributed by atoms with Gasteiger partial charge in [0.15, 0.2) is 5.12 Å². The van der Waals surface area contributed by atoms with Gasteiger partial charge in [-0.25, -0.2) is 0 Å². The molecule has 0 aliphatic heterocycles. The first-order valence-electron chi connectivity index (χ1n) is 14.0. The lowest BCUT2D eigenvalue weighted by Crippen LogP contribution is -2.59. The topological polar surface area (TPSA) is 69.7 Å². The summed E-state index contributed by atoms with van der Waals surface area (Å²) in [4.78, 5) is 36.4. The number of hydrogen-bond acceptors (Lipinski definition) is 6. The predicted octanol–water partition coefficient (Wildman–Crippen LogP) is 6.42. The molecule has 0 spiro atoms. The highest BCUT2D eigenvalue weighted by Crippen LogP contribution is 2.69. The van der Waals surface area contributed by atoms with Crippen molar-refractivity contribution in [2.24, 2.45) is 46.3 Å². The maximum Gasteiger partial charge on any atom is 0.302 e. The molecule has 0 heterocycles. The lowest BCUT2D eigenvalue weighted by molar-refractivity contribution is -0.197. The Morgan fingerprint density at radius 1 is 0.943 bits per heavy atom. The van der Waals surface area contributed by atoms with Gasteiger partial charge in [0.1, 0.15) is 12.2 Å². The Bertz CT molecular complexity index is 828. The van der Waals surface area contributed by atoms with Gasteiger partial charge in [-0.05, 0) is 98.0 Å². The van der Waals surface area contributed by atoms with E-state index in [0.29, 0.717) is 47.0 Å². The van der Waals surface area contributed by atoms with Crippen molar-refractivity contribution >= 4 is 28.8 Å². The molecule has 0 saturated heterocycles. The minimum Gasteiger partial charge on any atom is -0.463 e. The van der Waals surface area contributed by atoms with E-state index in [2.05, 4.69) is 20.8 Å². The molecule has 4 aliphatic carbocycles. The van der Waals surface area contributed by atoms with Crippen LogP contribution in [-0.2, 0) is 23.9 Å². The Hall–Kier alpha value is -1.04. The molecule has 0 amide bonds. The van der Waals surface area contributed by atoms with Crippen LogP contribution in [0.1, 0.15) is 99.3 Å². The van der Waals surface area contributed by atoms with Crippen molar-refractivity contribution in [3.05, 3.63) is 0 Å². The number of thioether (sulfide) groups is 1. The summed E-state index contributed by atoms with van der Waals surface area (Å²) in [6.45, 7) is 12.2. The second-order valence-corrected chi connectivity index (χ2v) is 13.9. The molecular weight excluding hydrogens is 460 g/mol. The van der Waals surface area contributed by atoms with E-state index in [0.717, 1.165) is 37.9 Å². The molecule has 0 aromatic heterocycles. The van der Waals surface area contributed by atoms with Gasteiger partial charge in [0.2, 0.25) is 0 Å². The van der Waals surface area contributed by atoms with E-state index in [4.69, 9.17) is 9.47 Å². The molecular formula is C29H46O5S. The van der Waals surface area contributed by atoms with Crippen molar-refractivity contribution in [1.29, 1.82) is 0 Å². The number of hydrogen-bond donors (Lipinski definition) is 0. The Labute approximate surface area is 216 Å². The van der Waals surface area contributed by atoms with Gasteiger partial charge in [-0.15, -0.1) is 0 Å². The number of carbonyl (C=O) groups excluding carboxylic acids is 3. The van der Waals surface area contributed by atoms with Gasteiger partial charge in [-0.2, -0.15) is 0 Å². The predicted molar refractivity (Wildman–Crippen MR) is 139 cm³/mol. The van der Waals surface area contributed by atoms with E-state index < -0.39 is 0 Å². The van der Waals surface area contributed by atoms with E-state index in [1.54, 1.807) is 6.92 Å². The summed E-state index contributed by atoms with van der Waals surface area (Å²) in [7, 11) is 0. The van der Waals surface area contributed by atoms with Crippen molar-refractivity contribution in [2.75, 3.05) is 5.75 Å². The second-order valence-electron chi connectivity index (χ2n) is 12.5. The zero-order valence-corrected chi connectivity index (χ0v) is 23.5. The molecule has 5 nitrogen and oxygen atoms in total. The molecule has 4 rings (SSSR count). The highest BCUT2D eigenvalue weighted by atomic mass is 32.2. The van der Waals surface area contributed by atoms with Crippen LogP contribution in [0.15, 0.2) is 0 Å². The van der Waals surface area contributed by atoms with Gasteiger partial charge in [0.05, 0.1) is 0 Å². The lowest BCUT2D eigenvalue weighted by Gasteiger charge is -2.62. The van der Waals surface area contributed by atoms with Crippen LogP contribution in [0.5, 0.6) is 0 Å². The van der Waals surface area contributed by atoms with Crippen LogP contribution in [0.3, 0.4) is 0 Å². The van der Waals surface area contributed by atoms with Crippen LogP contribution in [0.25, 0.3) is 0 Å². The Morgan fingerprint density at radius 3 is 2.31 bits per heavy atom. The average Bonchev–Trinajstić information content (AvgIpc) is 3.12. The molecule has 4 aliphatic rings. The second kappa shape index (κ2) is 10.4. The third kappa shape index (κ3) is 4.94. The summed E-state index contributed by atoms with van der Waals surface area (Å²) < 4.78 is 11.8. The fourth-order valence-corrected chi connectivity index (χ4v) is 10.2. The van der Waals surface area contributed by atoms with Crippen LogP contribution < -0.4 is 0 Å². The zero-order valence-electron chi connectivity index (χ0n) is 22.6. The molecule has 6 heteroatoms. The molecule has 0 unspecified atom stereocenters. The molecule has 0 bridgehead atoms. The average molecular weight is 507 g/mol. The van der Waals surface area contributed by atoms with Crippen LogP contribution in [0.4, 0.5) is 0 Å². The smallest absolute Gasteiger partial charge is 0.302 e. The van der Waals surface area contributed by atoms with Crippen LogP contribution in [0, 0.1) is 46.3 Å². The quantitative estimate of drug-likeness (QED) is 0.387. The maximum atomic E-state index is 12.5. The number of fused-ring (bicyclic) bond motifs is 5. The van der Waals surface area contributed by atoms with Crippen molar-refractivity contribution in [3.8, 4) is 0 Å². The first kappa shape index (κ1) is 27.0. The monoisotopic (exact) mass is 506 g/mol. The number of carbonyl (C=O) groups is 3. The minimum absolute atomic E-state index is 0.0514. The van der Waals surface area contributed by atoms with E-state index in [1.807, 2.05) is 6.92 Å². The Morgan fingerprint density at radius 2 is 1.66 bits per heavy atom. The largest absolute Gasteiger partial charge is 0.463 e. The summed E-state index contributed by atoms with van der Waals surface area (Å²) in [5.74, 6) is 3.47. The molecule has 4 saturated carbocycles. The maximum absolute atomic E-state index is 12.5. The Balaban J connectivity index is 1.59. The molecule has 4 fully saturated rings. The van der Waals surface area contributed by atoms with Crippen molar-refractivity contribution < 1.29 is 23.9 Å². The molecule has 35 heavy (non-hydrogen) atoms. The van der Waals surface area contributed by atoms with Crippen LogP contribution >= 0.6 is 11.8 Å². The molecule has 0 radical (unpaired) electrons. The first-order chi connectivity index (χ1) is 16.5. The van der Waals surface area contributed by atoms with Gasteiger partial charge in [0.25, 0.3) is 0 Å². The zero-order chi connectivity index (χ0) is 25.5. The van der Waals surface area contributed by atoms with Gasteiger partial charge in [-0.3, -0.25) is 14.4 Å². The summed E-state index contributed by atoms with van der Waals surface area (Å²) in [5.41, 5.74) is 0.137. The highest BCUT2D eigenvalue weighted by molar-refractivity contribution is 8.13. The lowest BCUT2D eigenvalue weighted by atomic mass is 9.43. The normalized spacial score (nSPS) is 43.3. The highest BCUT2D eigenvalue weighted by Gasteiger charge is 2.65. The third-order valence-corrected chi connectivity index (χ3v) is 11.7. The molecule has 10 atom stereocenters. The van der Waals surface area contributed by atoms with E-state index in [1.165, 1.54) is 37.9 Å². The molecule has 198 valence electrons. The van der Waals surface area contributed by atoms with Crippen molar-refractivity contribution in [2.45, 2.75) is 112 Å². The van der Waals surface area contributed by atoms with Gasteiger partial charge in [0, 0.05) is 25.7 Å². The van der Waals surface area contributed by atoms with Crippen LogP contribution in [0.2, 0.25) is 0 Å². The third-order valence-electron chi connectivity index (χ3n) is 10.9. The number of rotatable bonds is 6. The SMILES string of the molecule is CCSC(=O)C[C@@H](C)[C@H]1CC[C@H]2[C@@H]3CC[C@@H]4C[C@H](OC(C)=O)CC[C@]4(C)[C@H]3C[C@H](OC(C)=O)[C@]12C. The number of ether oxygens (including phenoxy) is 2. The molecule has 0 aromatic carbocycles. The fraction of sp³-hybridized carbons (Fsp3) is 0.897. The molecule has 0 aromatic rings. The summed E-state index contributed by atoms with van der Waals surface area (Å²) >= 11 is 1.44. The van der Waals surface area contributed by atoms with Crippen LogP contribution in [-0.4, -0.2) is 35.0 Å². The molecule has 0 N–H and O–H groups in total. The van der Waals surface area contributed by atoms with E-state index in [-0.39, 0.29) is 35.0 Å². The fourth-order valence-electron chi connectivity index (χ4n) is 9.46. The van der Waals surface area contributed by atoms with Crippen molar-refractivity contribution in [1.82, 2.24) is 0 Å². The minimum atomic E-state index is -0.180. The summed E-state index contributed by atoms with van der Waals surface area (Å²) in [5, 5.41) is 0.294. The number of esters is 2. The van der Waals surface area contributed by atoms with Gasteiger partial charge >= 0.3 is 11.9 Å². The Kier molecular flexibility index (Phi) is 8.01. The summed E-state index contributed by atoms with van der Waals surface area (Å²) in [6.07, 6.45) is 9.22. The van der Waals surface area contributed by atoms with Gasteiger partial charge < -0.3 is 9.47 Å². The van der Waals surface area contributed by atoms with E-state index in [9.17, 15) is 14.4 Å². The first-order valence-corrected chi connectivity index (χ1v) is 15.0. The van der Waals surface area contributed by atoms with Crippen molar-refractivity contribution in [3.63, 3.8) is 0 Å².